The van der Waals surface area contributed by atoms with E-state index in [0.29, 0.717) is 19.5 Å². The van der Waals surface area contributed by atoms with Crippen LogP contribution < -0.4 is 5.73 Å². The molecule has 0 unspecified atom stereocenters. The van der Waals surface area contributed by atoms with E-state index in [9.17, 15) is 4.79 Å². The van der Waals surface area contributed by atoms with Crippen molar-refractivity contribution in [3.63, 3.8) is 0 Å². The molecule has 0 fully saturated rings. The lowest BCUT2D eigenvalue weighted by Gasteiger charge is -2.15. The van der Waals surface area contributed by atoms with Crippen molar-refractivity contribution in [1.82, 2.24) is 4.90 Å². The van der Waals surface area contributed by atoms with Crippen LogP contribution in [-0.4, -0.2) is 36.4 Å². The number of rotatable bonds is 5. The predicted molar refractivity (Wildman–Crippen MR) is 79.7 cm³/mol. The van der Waals surface area contributed by atoms with Gasteiger partial charge in [0.25, 0.3) is 0 Å². The molecule has 0 aliphatic carbocycles. The van der Waals surface area contributed by atoms with Gasteiger partial charge < -0.3 is 10.6 Å². The van der Waals surface area contributed by atoms with Crippen LogP contribution in [-0.2, 0) is 11.3 Å². The third kappa shape index (κ3) is 5.13. The second-order valence-electron chi connectivity index (χ2n) is 3.80. The highest BCUT2D eigenvalue weighted by Gasteiger charge is 2.09. The molecule has 2 N–H and O–H groups in total. The molecular weight excluding hydrogens is 264 g/mol. The summed E-state index contributed by atoms with van der Waals surface area (Å²) in [6, 6.07) is 2.02. The average Bonchev–Trinajstić information content (AvgIpc) is 2.80. The number of carbonyl (C=O) groups excluding carboxylic acids is 1. The predicted octanol–water partition coefficient (Wildman–Crippen LogP) is 1.77. The van der Waals surface area contributed by atoms with Gasteiger partial charge in [0.15, 0.2) is 0 Å². The third-order valence-electron chi connectivity index (χ3n) is 2.33. The Labute approximate surface area is 117 Å². The molecule has 98 valence electrons. The van der Waals surface area contributed by atoms with Gasteiger partial charge in [0.05, 0.1) is 13.1 Å². The quantitative estimate of drug-likeness (QED) is 0.837. The molecule has 0 aliphatic heterocycles. The van der Waals surface area contributed by atoms with Crippen molar-refractivity contribution in [2.24, 2.45) is 5.73 Å². The molecule has 1 amide bonds. The van der Waals surface area contributed by atoms with Crippen molar-refractivity contribution in [3.05, 3.63) is 21.9 Å². The molecule has 1 aromatic rings. The summed E-state index contributed by atoms with van der Waals surface area (Å²) >= 11 is 3.32. The van der Waals surface area contributed by atoms with E-state index in [0.717, 1.165) is 16.2 Å². The average molecular weight is 282 g/mol. The van der Waals surface area contributed by atoms with Crippen LogP contribution in [0.3, 0.4) is 0 Å². The lowest BCUT2D eigenvalue weighted by Crippen LogP contribution is -2.25. The number of thiophene rings is 1. The van der Waals surface area contributed by atoms with Crippen molar-refractivity contribution in [2.75, 3.05) is 25.6 Å². The van der Waals surface area contributed by atoms with Gasteiger partial charge in [-0.15, -0.1) is 11.3 Å². The van der Waals surface area contributed by atoms with E-state index in [1.165, 1.54) is 0 Å². The van der Waals surface area contributed by atoms with E-state index in [-0.39, 0.29) is 5.91 Å². The molecule has 1 rings (SSSR count). The van der Waals surface area contributed by atoms with Gasteiger partial charge in [0.1, 0.15) is 0 Å². The minimum atomic E-state index is 0.187. The molecule has 0 bridgehead atoms. The van der Waals surface area contributed by atoms with Crippen molar-refractivity contribution in [3.8, 4) is 11.8 Å². The maximum atomic E-state index is 11.8. The molecule has 5 heteroatoms. The van der Waals surface area contributed by atoms with Crippen molar-refractivity contribution in [1.29, 1.82) is 0 Å². The molecule has 0 radical (unpaired) electrons. The standard InChI is InChI=1S/C13H18N2OS2/c1-15(13(16)5-7-17-2)9-12-8-11(10-18-12)4-3-6-14/h8,10H,5-7,9,14H2,1-2H3. The van der Waals surface area contributed by atoms with Crippen LogP contribution in [0.15, 0.2) is 11.4 Å². The summed E-state index contributed by atoms with van der Waals surface area (Å²) in [7, 11) is 1.84. The topological polar surface area (TPSA) is 46.3 Å². The van der Waals surface area contributed by atoms with E-state index in [1.54, 1.807) is 28.0 Å². The Bertz CT molecular complexity index is 445. The second-order valence-corrected chi connectivity index (χ2v) is 5.78. The molecule has 0 saturated heterocycles. The molecule has 1 heterocycles. The summed E-state index contributed by atoms with van der Waals surface area (Å²) in [6.45, 7) is 1.03. The number of thioether (sulfide) groups is 1. The van der Waals surface area contributed by atoms with Crippen LogP contribution in [0.5, 0.6) is 0 Å². The zero-order valence-electron chi connectivity index (χ0n) is 10.7. The number of nitrogens with zero attached hydrogens (tertiary/aromatic N) is 1. The van der Waals surface area contributed by atoms with Crippen LogP contribution in [0, 0.1) is 11.8 Å². The van der Waals surface area contributed by atoms with Crippen molar-refractivity contribution >= 4 is 29.0 Å². The number of hydrogen-bond acceptors (Lipinski definition) is 4. The summed E-state index contributed by atoms with van der Waals surface area (Å²) < 4.78 is 0. The molecule has 3 nitrogen and oxygen atoms in total. The molecule has 1 aromatic heterocycles. The van der Waals surface area contributed by atoms with Crippen LogP contribution in [0.2, 0.25) is 0 Å². The Balaban J connectivity index is 2.51. The van der Waals surface area contributed by atoms with Gasteiger partial charge in [-0.1, -0.05) is 11.8 Å². The highest BCUT2D eigenvalue weighted by Crippen LogP contribution is 2.16. The smallest absolute Gasteiger partial charge is 0.223 e. The van der Waals surface area contributed by atoms with E-state index in [4.69, 9.17) is 5.73 Å². The largest absolute Gasteiger partial charge is 0.341 e. The first-order chi connectivity index (χ1) is 8.67. The number of hydrogen-bond donors (Lipinski definition) is 1. The molecule has 0 aliphatic rings. The number of amides is 1. The minimum Gasteiger partial charge on any atom is -0.341 e. The molecule has 0 aromatic carbocycles. The molecule has 0 spiro atoms. The fourth-order valence-electron chi connectivity index (χ4n) is 1.38. The lowest BCUT2D eigenvalue weighted by atomic mass is 10.3. The fourth-order valence-corrected chi connectivity index (χ4v) is 2.63. The van der Waals surface area contributed by atoms with E-state index in [2.05, 4.69) is 11.8 Å². The van der Waals surface area contributed by atoms with Gasteiger partial charge in [0, 0.05) is 35.0 Å². The monoisotopic (exact) mass is 282 g/mol. The van der Waals surface area contributed by atoms with Crippen molar-refractivity contribution < 1.29 is 4.79 Å². The van der Waals surface area contributed by atoms with Gasteiger partial charge >= 0.3 is 0 Å². The van der Waals surface area contributed by atoms with Crippen LogP contribution >= 0.6 is 23.1 Å². The Kier molecular flexibility index (Phi) is 6.88. The Morgan fingerprint density at radius 3 is 3.06 bits per heavy atom. The van der Waals surface area contributed by atoms with Gasteiger partial charge in [-0.25, -0.2) is 0 Å². The zero-order valence-corrected chi connectivity index (χ0v) is 12.4. The summed E-state index contributed by atoms with van der Waals surface area (Å²) in [4.78, 5) is 14.7. The highest BCUT2D eigenvalue weighted by atomic mass is 32.2. The highest BCUT2D eigenvalue weighted by molar-refractivity contribution is 7.98. The summed E-state index contributed by atoms with van der Waals surface area (Å²) in [6.07, 6.45) is 2.61. The SMILES string of the molecule is CSCCC(=O)N(C)Cc1cc(C#CCN)cs1. The van der Waals surface area contributed by atoms with Gasteiger partial charge in [-0.2, -0.15) is 11.8 Å². The van der Waals surface area contributed by atoms with E-state index >= 15 is 0 Å². The van der Waals surface area contributed by atoms with E-state index in [1.807, 2.05) is 24.7 Å². The molecular formula is C13H18N2OS2. The lowest BCUT2D eigenvalue weighted by molar-refractivity contribution is -0.129. The number of nitrogens with two attached hydrogens (primary N) is 1. The number of carbonyl (C=O) groups is 1. The Morgan fingerprint density at radius 2 is 2.39 bits per heavy atom. The van der Waals surface area contributed by atoms with Gasteiger partial charge in [0.2, 0.25) is 5.91 Å². The molecule has 18 heavy (non-hydrogen) atoms. The maximum Gasteiger partial charge on any atom is 0.223 e. The van der Waals surface area contributed by atoms with Crippen LogP contribution in [0.25, 0.3) is 0 Å². The Hall–Kier alpha value is -0.960. The van der Waals surface area contributed by atoms with Crippen molar-refractivity contribution in [2.45, 2.75) is 13.0 Å². The first-order valence-electron chi connectivity index (χ1n) is 5.66. The Morgan fingerprint density at radius 1 is 1.61 bits per heavy atom. The third-order valence-corrected chi connectivity index (χ3v) is 3.86. The minimum absolute atomic E-state index is 0.187. The van der Waals surface area contributed by atoms with Crippen LogP contribution in [0.1, 0.15) is 16.9 Å². The van der Waals surface area contributed by atoms with Gasteiger partial charge in [-0.3, -0.25) is 4.79 Å². The first-order valence-corrected chi connectivity index (χ1v) is 7.94. The summed E-state index contributed by atoms with van der Waals surface area (Å²) in [5.74, 6) is 6.88. The van der Waals surface area contributed by atoms with Gasteiger partial charge in [-0.05, 0) is 12.3 Å². The first kappa shape index (κ1) is 15.1. The normalized spacial score (nSPS) is 9.72. The molecule has 0 saturated carbocycles. The second kappa shape index (κ2) is 8.20. The summed E-state index contributed by atoms with van der Waals surface area (Å²) in [5.41, 5.74) is 6.30. The molecule has 0 atom stereocenters. The summed E-state index contributed by atoms with van der Waals surface area (Å²) in [5, 5.41) is 2.00. The zero-order chi connectivity index (χ0) is 13.4. The fraction of sp³-hybridized carbons (Fsp3) is 0.462. The van der Waals surface area contributed by atoms with Crippen LogP contribution in [0.4, 0.5) is 0 Å². The van der Waals surface area contributed by atoms with E-state index < -0.39 is 0 Å². The maximum absolute atomic E-state index is 11.8.